The van der Waals surface area contributed by atoms with Crippen LogP contribution in [-0.4, -0.2) is 32.2 Å². The molecule has 1 fully saturated rings. The molecule has 26 heavy (non-hydrogen) atoms. The molecule has 0 bridgehead atoms. The first-order chi connectivity index (χ1) is 12.6. The van der Waals surface area contributed by atoms with Gasteiger partial charge in [0.1, 0.15) is 15.6 Å². The molecule has 0 saturated heterocycles. The van der Waals surface area contributed by atoms with Crippen LogP contribution in [0.2, 0.25) is 0 Å². The van der Waals surface area contributed by atoms with E-state index in [0.717, 1.165) is 23.6 Å². The number of hydrogen-bond donors (Lipinski definition) is 1. The number of carboxylic acid groups (broad SMARTS) is 1. The molecule has 1 N–H and O–H groups in total. The van der Waals surface area contributed by atoms with Gasteiger partial charge in [0.05, 0.1) is 24.3 Å². The quantitative estimate of drug-likeness (QED) is 0.705. The van der Waals surface area contributed by atoms with Crippen molar-refractivity contribution < 1.29 is 14.6 Å². The molecule has 3 aromatic rings. The Labute approximate surface area is 155 Å². The maximum atomic E-state index is 11.3. The Morgan fingerprint density at radius 1 is 1.42 bits per heavy atom. The number of carboxylic acids is 1. The van der Waals surface area contributed by atoms with Gasteiger partial charge in [-0.3, -0.25) is 0 Å². The summed E-state index contributed by atoms with van der Waals surface area (Å²) in [5.41, 5.74) is 2.28. The minimum atomic E-state index is -0.943. The van der Waals surface area contributed by atoms with E-state index in [9.17, 15) is 9.90 Å². The van der Waals surface area contributed by atoms with Gasteiger partial charge < -0.3 is 14.4 Å². The first kappa shape index (κ1) is 16.8. The van der Waals surface area contributed by atoms with Gasteiger partial charge in [-0.1, -0.05) is 6.42 Å². The predicted molar refractivity (Wildman–Crippen MR) is 99.2 cm³/mol. The second-order valence-corrected chi connectivity index (χ2v) is 7.50. The number of ether oxygens (including phenoxy) is 1. The molecule has 1 aliphatic rings. The van der Waals surface area contributed by atoms with Gasteiger partial charge in [-0.25, -0.2) is 14.8 Å². The van der Waals surface area contributed by atoms with Crippen molar-refractivity contribution in [3.63, 3.8) is 0 Å². The van der Waals surface area contributed by atoms with Gasteiger partial charge in [0.25, 0.3) is 0 Å². The molecule has 7 heteroatoms. The zero-order valence-corrected chi connectivity index (χ0v) is 15.2. The Morgan fingerprint density at radius 2 is 2.27 bits per heavy atom. The fourth-order valence-corrected chi connectivity index (χ4v) is 3.86. The Kier molecular flexibility index (Phi) is 4.46. The highest BCUT2D eigenvalue weighted by Crippen LogP contribution is 2.34. The van der Waals surface area contributed by atoms with Crippen molar-refractivity contribution in [1.29, 1.82) is 0 Å². The van der Waals surface area contributed by atoms with Crippen LogP contribution in [0, 0.1) is 12.8 Å². The maximum absolute atomic E-state index is 11.3. The molecule has 4 rings (SSSR count). The molecule has 1 aromatic carbocycles. The minimum absolute atomic E-state index is 0.273. The summed E-state index contributed by atoms with van der Waals surface area (Å²) in [6.07, 6.45) is 9.06. The molecule has 0 radical (unpaired) electrons. The van der Waals surface area contributed by atoms with E-state index in [1.165, 1.54) is 30.6 Å². The topological polar surface area (TPSA) is 77.2 Å². The number of carbonyl (C=O) groups is 1. The normalized spacial score (nSPS) is 14.2. The molecule has 0 unspecified atom stereocenters. The third kappa shape index (κ3) is 3.22. The van der Waals surface area contributed by atoms with E-state index in [1.54, 1.807) is 19.4 Å². The summed E-state index contributed by atoms with van der Waals surface area (Å²) in [4.78, 5) is 20.1. The van der Waals surface area contributed by atoms with Crippen molar-refractivity contribution in [1.82, 2.24) is 14.5 Å². The molecule has 134 valence electrons. The Hall–Kier alpha value is -2.67. The molecule has 6 nitrogen and oxygen atoms in total. The van der Waals surface area contributed by atoms with E-state index in [2.05, 4.69) is 9.97 Å². The summed E-state index contributed by atoms with van der Waals surface area (Å²) in [5.74, 6) is 0.497. The van der Waals surface area contributed by atoms with Gasteiger partial charge in [0, 0.05) is 18.0 Å². The number of aromatic nitrogens is 3. The summed E-state index contributed by atoms with van der Waals surface area (Å²) in [5, 5.41) is 9.95. The second kappa shape index (κ2) is 6.92. The van der Waals surface area contributed by atoms with Gasteiger partial charge >= 0.3 is 5.97 Å². The summed E-state index contributed by atoms with van der Waals surface area (Å²) < 4.78 is 7.96. The Morgan fingerprint density at radius 3 is 2.88 bits per heavy atom. The van der Waals surface area contributed by atoms with Gasteiger partial charge in [-0.2, -0.15) is 0 Å². The molecule has 0 amide bonds. The summed E-state index contributed by atoms with van der Waals surface area (Å²) in [6, 6.07) is 5.84. The highest BCUT2D eigenvalue weighted by molar-refractivity contribution is 7.17. The molecular weight excluding hydrogens is 350 g/mol. The molecule has 0 aliphatic heterocycles. The van der Waals surface area contributed by atoms with Crippen molar-refractivity contribution >= 4 is 17.3 Å². The highest BCUT2D eigenvalue weighted by atomic mass is 32.1. The molecule has 0 spiro atoms. The van der Waals surface area contributed by atoms with Gasteiger partial charge in [0.2, 0.25) is 0 Å². The highest BCUT2D eigenvalue weighted by Gasteiger charge is 2.20. The zero-order chi connectivity index (χ0) is 18.1. The van der Waals surface area contributed by atoms with Crippen molar-refractivity contribution in [3.05, 3.63) is 47.5 Å². The van der Waals surface area contributed by atoms with Crippen LogP contribution < -0.4 is 4.74 Å². The number of benzene rings is 1. The van der Waals surface area contributed by atoms with Gasteiger partial charge in [-0.05, 0) is 43.9 Å². The number of nitrogens with zero attached hydrogens (tertiary/aromatic N) is 3. The van der Waals surface area contributed by atoms with Crippen molar-refractivity contribution in [2.75, 3.05) is 6.61 Å². The average Bonchev–Trinajstić information content (AvgIpc) is 3.23. The lowest BCUT2D eigenvalue weighted by Crippen LogP contribution is -2.19. The van der Waals surface area contributed by atoms with Crippen LogP contribution in [0.4, 0.5) is 0 Å². The molecule has 2 heterocycles. The van der Waals surface area contributed by atoms with Crippen LogP contribution >= 0.6 is 11.3 Å². The van der Waals surface area contributed by atoms with Gasteiger partial charge in [0.15, 0.2) is 0 Å². The third-order valence-corrected chi connectivity index (χ3v) is 5.87. The van der Waals surface area contributed by atoms with Crippen LogP contribution in [0.3, 0.4) is 0 Å². The number of thiazole rings is 1. The Balaban J connectivity index is 1.69. The Bertz CT molecular complexity index is 930. The van der Waals surface area contributed by atoms with Crippen molar-refractivity contribution in [2.24, 2.45) is 5.92 Å². The molecule has 1 aliphatic carbocycles. The zero-order valence-electron chi connectivity index (χ0n) is 14.4. The largest absolute Gasteiger partial charge is 0.491 e. The van der Waals surface area contributed by atoms with E-state index < -0.39 is 5.97 Å². The minimum Gasteiger partial charge on any atom is -0.491 e. The second-order valence-electron chi connectivity index (χ2n) is 6.50. The lowest BCUT2D eigenvalue weighted by Gasteiger charge is -2.25. The molecular formula is C19H19N3O3S. The van der Waals surface area contributed by atoms with Crippen LogP contribution in [0.15, 0.2) is 36.9 Å². The monoisotopic (exact) mass is 369 g/mol. The number of aryl methyl sites for hydroxylation is 1. The smallest absolute Gasteiger partial charge is 0.347 e. The predicted octanol–water partition coefficient (Wildman–Crippen LogP) is 4.18. The number of aromatic carboxylic acids is 1. The SMILES string of the molecule is Cc1nc(-c2ccc(OCC3CCC3)c(-n3ccnc3)c2)sc1C(=O)O. The first-order valence-electron chi connectivity index (χ1n) is 8.58. The van der Waals surface area contributed by atoms with E-state index >= 15 is 0 Å². The van der Waals surface area contributed by atoms with Crippen LogP contribution in [0.5, 0.6) is 5.75 Å². The van der Waals surface area contributed by atoms with Crippen LogP contribution in [0.25, 0.3) is 16.3 Å². The molecule has 1 saturated carbocycles. The van der Waals surface area contributed by atoms with E-state index in [-0.39, 0.29) is 4.88 Å². The van der Waals surface area contributed by atoms with E-state index in [4.69, 9.17) is 4.74 Å². The summed E-state index contributed by atoms with van der Waals surface area (Å²) in [6.45, 7) is 2.44. The third-order valence-electron chi connectivity index (χ3n) is 4.68. The summed E-state index contributed by atoms with van der Waals surface area (Å²) >= 11 is 1.19. The number of hydrogen-bond acceptors (Lipinski definition) is 5. The van der Waals surface area contributed by atoms with Crippen LogP contribution in [-0.2, 0) is 0 Å². The van der Waals surface area contributed by atoms with Crippen molar-refractivity contribution in [2.45, 2.75) is 26.2 Å². The van der Waals surface area contributed by atoms with Crippen molar-refractivity contribution in [3.8, 4) is 22.0 Å². The van der Waals surface area contributed by atoms with Crippen LogP contribution in [0.1, 0.15) is 34.6 Å². The van der Waals surface area contributed by atoms with Gasteiger partial charge in [-0.15, -0.1) is 11.3 Å². The lowest BCUT2D eigenvalue weighted by molar-refractivity contribution is 0.0701. The fraction of sp³-hybridized carbons (Fsp3) is 0.316. The summed E-state index contributed by atoms with van der Waals surface area (Å²) in [7, 11) is 0. The lowest BCUT2D eigenvalue weighted by atomic mass is 9.86. The van der Waals surface area contributed by atoms with E-state index in [0.29, 0.717) is 16.6 Å². The number of rotatable bonds is 6. The number of imidazole rings is 1. The first-order valence-corrected chi connectivity index (χ1v) is 9.40. The average molecular weight is 369 g/mol. The molecule has 0 atom stereocenters. The fourth-order valence-electron chi connectivity index (χ4n) is 2.96. The maximum Gasteiger partial charge on any atom is 0.347 e. The standard InChI is InChI=1S/C19H19N3O3S/c1-12-17(19(23)24)26-18(21-12)14-5-6-16(25-10-13-3-2-4-13)15(9-14)22-8-7-20-11-22/h5-9,11,13H,2-4,10H2,1H3,(H,23,24). The molecule has 2 aromatic heterocycles. The van der Waals surface area contributed by atoms with E-state index in [1.807, 2.05) is 29.0 Å².